The van der Waals surface area contributed by atoms with Gasteiger partial charge in [-0.05, 0) is 114 Å². The first-order chi connectivity index (χ1) is 18.7. The summed E-state index contributed by atoms with van der Waals surface area (Å²) in [4.78, 5) is 0. The fourth-order valence-corrected chi connectivity index (χ4v) is 6.74. The molecule has 0 aromatic heterocycles. The number of benzene rings is 7. The van der Waals surface area contributed by atoms with Gasteiger partial charge in [0.25, 0.3) is 0 Å². The summed E-state index contributed by atoms with van der Waals surface area (Å²) in [5.74, 6) is 0. The van der Waals surface area contributed by atoms with Crippen molar-refractivity contribution in [3.05, 3.63) is 132 Å². The SMILES string of the molecule is Cc1ccccc1-c1c2c(c(-c3ccccc3C)c3cc4ccccc4cc13)-c1cccc3cccc-2c13. The normalized spacial score (nSPS) is 11.9. The van der Waals surface area contributed by atoms with Crippen molar-refractivity contribution in [3.8, 4) is 44.5 Å². The summed E-state index contributed by atoms with van der Waals surface area (Å²) in [7, 11) is 0. The van der Waals surface area contributed by atoms with Gasteiger partial charge in [0.2, 0.25) is 0 Å². The van der Waals surface area contributed by atoms with E-state index >= 15 is 0 Å². The van der Waals surface area contributed by atoms with Crippen molar-refractivity contribution in [3.63, 3.8) is 0 Å². The fraction of sp³-hybridized carbons (Fsp3) is 0.0526. The highest BCUT2D eigenvalue weighted by Gasteiger charge is 2.31. The van der Waals surface area contributed by atoms with Crippen LogP contribution in [0.1, 0.15) is 11.1 Å². The number of hydrogen-bond donors (Lipinski definition) is 0. The third-order valence-corrected chi connectivity index (χ3v) is 8.45. The minimum absolute atomic E-state index is 1.28. The smallest absolute Gasteiger partial charge is 0.000731 e. The van der Waals surface area contributed by atoms with Crippen molar-refractivity contribution >= 4 is 32.3 Å². The zero-order chi connectivity index (χ0) is 25.4. The highest BCUT2D eigenvalue weighted by Crippen LogP contribution is 2.58. The van der Waals surface area contributed by atoms with E-state index in [1.54, 1.807) is 0 Å². The molecule has 7 aromatic rings. The number of fused-ring (bicyclic) bond motifs is 5. The monoisotopic (exact) mass is 482 g/mol. The minimum Gasteiger partial charge on any atom is -0.0620 e. The van der Waals surface area contributed by atoms with Gasteiger partial charge in [-0.2, -0.15) is 0 Å². The molecule has 0 N–H and O–H groups in total. The quantitative estimate of drug-likeness (QED) is 0.215. The number of rotatable bonds is 2. The van der Waals surface area contributed by atoms with Crippen LogP contribution in [0.5, 0.6) is 0 Å². The molecule has 0 unspecified atom stereocenters. The molecular weight excluding hydrogens is 456 g/mol. The Morgan fingerprint density at radius 2 is 0.737 bits per heavy atom. The third kappa shape index (κ3) is 2.86. The maximum absolute atomic E-state index is 2.43. The maximum Gasteiger partial charge on any atom is -0.000731 e. The van der Waals surface area contributed by atoms with Crippen LogP contribution in [0.2, 0.25) is 0 Å². The Balaban J connectivity index is 1.70. The lowest BCUT2D eigenvalue weighted by molar-refractivity contribution is 1.46. The van der Waals surface area contributed by atoms with Crippen molar-refractivity contribution in [1.29, 1.82) is 0 Å². The summed E-state index contributed by atoms with van der Waals surface area (Å²) in [5.41, 5.74) is 13.3. The predicted octanol–water partition coefficient (Wildman–Crippen LogP) is 10.7. The van der Waals surface area contributed by atoms with Crippen LogP contribution in [-0.2, 0) is 0 Å². The van der Waals surface area contributed by atoms with E-state index in [1.165, 1.54) is 88.0 Å². The standard InChI is InChI=1S/C38H26/c1-23-11-3-7-17-28(23)35-32-21-26-13-5-6-14-27(26)22-33(32)36(29-18-8-4-12-24(29)2)38-31-20-10-16-25-15-9-19-30(34(25)31)37(35)38/h3-22H,1-2H3. The van der Waals surface area contributed by atoms with Gasteiger partial charge in [0.05, 0.1) is 0 Å². The summed E-state index contributed by atoms with van der Waals surface area (Å²) < 4.78 is 0. The molecule has 1 aliphatic carbocycles. The van der Waals surface area contributed by atoms with E-state index in [2.05, 4.69) is 135 Å². The van der Waals surface area contributed by atoms with E-state index in [1.807, 2.05) is 0 Å². The largest absolute Gasteiger partial charge is 0.0620 e. The van der Waals surface area contributed by atoms with Gasteiger partial charge in [-0.1, -0.05) is 109 Å². The average molecular weight is 483 g/mol. The molecule has 0 nitrogen and oxygen atoms in total. The van der Waals surface area contributed by atoms with Gasteiger partial charge >= 0.3 is 0 Å². The lowest BCUT2D eigenvalue weighted by Gasteiger charge is -2.22. The molecule has 1 aliphatic rings. The Hall–Kier alpha value is -4.68. The lowest BCUT2D eigenvalue weighted by Crippen LogP contribution is -1.96. The van der Waals surface area contributed by atoms with E-state index < -0.39 is 0 Å². The molecule has 0 saturated carbocycles. The molecule has 0 saturated heterocycles. The molecule has 7 aromatic carbocycles. The molecule has 0 spiro atoms. The van der Waals surface area contributed by atoms with Gasteiger partial charge in [-0.25, -0.2) is 0 Å². The molecule has 0 radical (unpaired) electrons. The molecule has 38 heavy (non-hydrogen) atoms. The fourth-order valence-electron chi connectivity index (χ4n) is 6.74. The highest BCUT2D eigenvalue weighted by atomic mass is 14.3. The van der Waals surface area contributed by atoms with E-state index in [0.717, 1.165) is 0 Å². The molecule has 178 valence electrons. The molecule has 0 amide bonds. The maximum atomic E-state index is 2.43. The van der Waals surface area contributed by atoms with Crippen LogP contribution in [0.25, 0.3) is 76.8 Å². The van der Waals surface area contributed by atoms with Gasteiger partial charge in [0, 0.05) is 0 Å². The van der Waals surface area contributed by atoms with Crippen LogP contribution in [0.15, 0.2) is 121 Å². The van der Waals surface area contributed by atoms with Crippen LogP contribution in [0.4, 0.5) is 0 Å². The summed E-state index contributed by atoms with van der Waals surface area (Å²) in [5, 5.41) is 7.87. The number of aryl methyl sites for hydroxylation is 2. The van der Waals surface area contributed by atoms with Crippen LogP contribution in [0, 0.1) is 13.8 Å². The van der Waals surface area contributed by atoms with E-state index in [-0.39, 0.29) is 0 Å². The zero-order valence-electron chi connectivity index (χ0n) is 21.5. The Kier molecular flexibility index (Phi) is 4.46. The van der Waals surface area contributed by atoms with Gasteiger partial charge in [0.1, 0.15) is 0 Å². The van der Waals surface area contributed by atoms with Gasteiger partial charge in [-0.15, -0.1) is 0 Å². The second-order valence-electron chi connectivity index (χ2n) is 10.6. The lowest BCUT2D eigenvalue weighted by atomic mass is 9.80. The third-order valence-electron chi connectivity index (χ3n) is 8.45. The van der Waals surface area contributed by atoms with Crippen molar-refractivity contribution in [2.45, 2.75) is 13.8 Å². The molecule has 0 bridgehead atoms. The molecule has 0 atom stereocenters. The van der Waals surface area contributed by atoms with Crippen molar-refractivity contribution < 1.29 is 0 Å². The van der Waals surface area contributed by atoms with E-state index in [9.17, 15) is 0 Å². The van der Waals surface area contributed by atoms with Gasteiger partial charge in [0.15, 0.2) is 0 Å². The first kappa shape index (κ1) is 21.4. The van der Waals surface area contributed by atoms with Crippen molar-refractivity contribution in [1.82, 2.24) is 0 Å². The molecule has 0 heterocycles. The first-order valence-electron chi connectivity index (χ1n) is 13.4. The predicted molar refractivity (Wildman–Crippen MR) is 164 cm³/mol. The van der Waals surface area contributed by atoms with Crippen LogP contribution >= 0.6 is 0 Å². The summed E-state index contributed by atoms with van der Waals surface area (Å²) in [6.07, 6.45) is 0. The Morgan fingerprint density at radius 3 is 1.21 bits per heavy atom. The molecule has 8 rings (SSSR count). The Labute approximate surface area is 222 Å². The molecule has 0 fully saturated rings. The average Bonchev–Trinajstić information content (AvgIpc) is 3.28. The Bertz CT molecular complexity index is 1940. The Morgan fingerprint density at radius 1 is 0.342 bits per heavy atom. The topological polar surface area (TPSA) is 0 Å². The van der Waals surface area contributed by atoms with Crippen molar-refractivity contribution in [2.24, 2.45) is 0 Å². The second-order valence-corrected chi connectivity index (χ2v) is 10.6. The van der Waals surface area contributed by atoms with Crippen molar-refractivity contribution in [2.75, 3.05) is 0 Å². The van der Waals surface area contributed by atoms with E-state index in [4.69, 9.17) is 0 Å². The molecule has 0 aliphatic heterocycles. The summed E-state index contributed by atoms with van der Waals surface area (Å²) in [6.45, 7) is 4.49. The minimum atomic E-state index is 1.28. The van der Waals surface area contributed by atoms with Gasteiger partial charge < -0.3 is 0 Å². The van der Waals surface area contributed by atoms with Crippen LogP contribution in [0.3, 0.4) is 0 Å². The van der Waals surface area contributed by atoms with E-state index in [0.29, 0.717) is 0 Å². The van der Waals surface area contributed by atoms with Crippen LogP contribution in [-0.4, -0.2) is 0 Å². The molecular formula is C38H26. The highest BCUT2D eigenvalue weighted by molar-refractivity contribution is 6.28. The molecule has 0 heteroatoms. The second kappa shape index (κ2) is 7.91. The van der Waals surface area contributed by atoms with Gasteiger partial charge in [-0.3, -0.25) is 0 Å². The van der Waals surface area contributed by atoms with Crippen LogP contribution < -0.4 is 0 Å². The summed E-state index contributed by atoms with van der Waals surface area (Å²) in [6, 6.07) is 45.0. The summed E-state index contributed by atoms with van der Waals surface area (Å²) >= 11 is 0. The number of hydrogen-bond acceptors (Lipinski definition) is 0. The first-order valence-corrected chi connectivity index (χ1v) is 13.4. The zero-order valence-corrected chi connectivity index (χ0v) is 21.5.